The number of nitrogens with zero attached hydrogens (tertiary/aromatic N) is 1. The number of methoxy groups -OCH3 is 1. The molecular formula is C18H18ClNO4S2. The minimum absolute atomic E-state index is 0.126. The van der Waals surface area contributed by atoms with E-state index in [0.717, 1.165) is 4.88 Å². The molecule has 3 rings (SSSR count). The van der Waals surface area contributed by atoms with Gasteiger partial charge in [-0.15, -0.1) is 11.3 Å². The van der Waals surface area contributed by atoms with Gasteiger partial charge in [-0.05, 0) is 48.2 Å². The predicted molar refractivity (Wildman–Crippen MR) is 102 cm³/mol. The highest BCUT2D eigenvalue weighted by molar-refractivity contribution is 7.89. The first-order chi connectivity index (χ1) is 12.5. The Labute approximate surface area is 161 Å². The van der Waals surface area contributed by atoms with E-state index in [2.05, 4.69) is 0 Å². The molecule has 0 spiro atoms. The molecule has 5 nitrogen and oxygen atoms in total. The maximum atomic E-state index is 13.2. The van der Waals surface area contributed by atoms with Crippen LogP contribution in [0.15, 0.2) is 63.4 Å². The summed E-state index contributed by atoms with van der Waals surface area (Å²) in [5, 5.41) is 2.23. The number of hydrogen-bond donors (Lipinski definition) is 0. The minimum Gasteiger partial charge on any atom is -0.495 e. The minimum atomic E-state index is -3.74. The van der Waals surface area contributed by atoms with E-state index < -0.39 is 10.0 Å². The van der Waals surface area contributed by atoms with Gasteiger partial charge in [0.25, 0.3) is 0 Å². The molecule has 0 aliphatic rings. The Morgan fingerprint density at radius 2 is 2.08 bits per heavy atom. The smallest absolute Gasteiger partial charge is 0.243 e. The van der Waals surface area contributed by atoms with Crippen LogP contribution < -0.4 is 4.74 Å². The van der Waals surface area contributed by atoms with Crippen molar-refractivity contribution in [2.75, 3.05) is 13.7 Å². The molecule has 0 aliphatic carbocycles. The summed E-state index contributed by atoms with van der Waals surface area (Å²) >= 11 is 7.72. The van der Waals surface area contributed by atoms with E-state index in [-0.39, 0.29) is 16.5 Å². The van der Waals surface area contributed by atoms with Crippen LogP contribution in [0, 0.1) is 0 Å². The van der Waals surface area contributed by atoms with Gasteiger partial charge in [0.2, 0.25) is 10.0 Å². The molecule has 0 N–H and O–H groups in total. The summed E-state index contributed by atoms with van der Waals surface area (Å²) in [6.07, 6.45) is 2.16. The fraction of sp³-hybridized carbons (Fsp3) is 0.222. The van der Waals surface area contributed by atoms with Gasteiger partial charge in [-0.3, -0.25) is 0 Å². The molecule has 0 saturated carbocycles. The van der Waals surface area contributed by atoms with E-state index in [9.17, 15) is 8.42 Å². The van der Waals surface area contributed by atoms with Crippen LogP contribution in [0.5, 0.6) is 5.75 Å². The molecule has 2 heterocycles. The average molecular weight is 412 g/mol. The topological polar surface area (TPSA) is 59.8 Å². The van der Waals surface area contributed by atoms with Crippen molar-refractivity contribution < 1.29 is 17.6 Å². The highest BCUT2D eigenvalue weighted by atomic mass is 35.5. The van der Waals surface area contributed by atoms with E-state index >= 15 is 0 Å². The Balaban J connectivity index is 1.89. The second-order valence-corrected chi connectivity index (χ2v) is 8.92. The molecule has 0 fully saturated rings. The van der Waals surface area contributed by atoms with Crippen molar-refractivity contribution in [1.29, 1.82) is 0 Å². The SMILES string of the molecule is COc1ccc(S(=O)(=O)N(CCc2cccs2)Cc2ccco2)cc1Cl. The van der Waals surface area contributed by atoms with E-state index in [1.54, 1.807) is 29.5 Å². The number of sulfonamides is 1. The van der Waals surface area contributed by atoms with Crippen molar-refractivity contribution in [3.63, 3.8) is 0 Å². The van der Waals surface area contributed by atoms with E-state index in [1.807, 2.05) is 17.5 Å². The van der Waals surface area contributed by atoms with Crippen LogP contribution in [0.4, 0.5) is 0 Å². The molecule has 0 radical (unpaired) electrons. The Hall–Kier alpha value is -1.80. The Morgan fingerprint density at radius 3 is 2.69 bits per heavy atom. The third-order valence-corrected chi connectivity index (χ3v) is 6.93. The quantitative estimate of drug-likeness (QED) is 0.550. The molecule has 0 aliphatic heterocycles. The molecule has 26 heavy (non-hydrogen) atoms. The van der Waals surface area contributed by atoms with Gasteiger partial charge in [-0.25, -0.2) is 8.42 Å². The number of halogens is 1. The van der Waals surface area contributed by atoms with Gasteiger partial charge in [0.1, 0.15) is 11.5 Å². The Morgan fingerprint density at radius 1 is 1.23 bits per heavy atom. The molecule has 0 amide bonds. The summed E-state index contributed by atoms with van der Waals surface area (Å²) in [7, 11) is -2.25. The standard InChI is InChI=1S/C18H18ClNO4S2/c1-23-18-7-6-16(12-17(18)19)26(21,22)20(13-14-4-2-10-24-14)9-8-15-5-3-11-25-15/h2-7,10-12H,8-9,13H2,1H3. The van der Waals surface area contributed by atoms with Gasteiger partial charge < -0.3 is 9.15 Å². The summed E-state index contributed by atoms with van der Waals surface area (Å²) in [5.41, 5.74) is 0. The summed E-state index contributed by atoms with van der Waals surface area (Å²) < 4.78 is 38.2. The largest absolute Gasteiger partial charge is 0.495 e. The molecule has 1 aromatic carbocycles. The van der Waals surface area contributed by atoms with Gasteiger partial charge in [-0.1, -0.05) is 17.7 Å². The lowest BCUT2D eigenvalue weighted by atomic mass is 10.3. The fourth-order valence-electron chi connectivity index (χ4n) is 2.51. The third-order valence-electron chi connectivity index (χ3n) is 3.86. The van der Waals surface area contributed by atoms with Crippen LogP contribution >= 0.6 is 22.9 Å². The van der Waals surface area contributed by atoms with Crippen molar-refractivity contribution in [2.24, 2.45) is 0 Å². The monoisotopic (exact) mass is 411 g/mol. The average Bonchev–Trinajstić information content (AvgIpc) is 3.32. The normalized spacial score (nSPS) is 11.8. The first-order valence-electron chi connectivity index (χ1n) is 7.89. The third kappa shape index (κ3) is 4.29. The van der Waals surface area contributed by atoms with Crippen LogP contribution in [0.3, 0.4) is 0 Å². The van der Waals surface area contributed by atoms with Crippen molar-refractivity contribution >= 4 is 33.0 Å². The van der Waals surface area contributed by atoms with Crippen molar-refractivity contribution in [1.82, 2.24) is 4.31 Å². The van der Waals surface area contributed by atoms with Gasteiger partial charge in [0.15, 0.2) is 0 Å². The molecule has 8 heteroatoms. The van der Waals surface area contributed by atoms with Crippen molar-refractivity contribution in [3.05, 3.63) is 69.8 Å². The predicted octanol–water partition coefficient (Wildman–Crippen LogP) is 4.44. The van der Waals surface area contributed by atoms with Crippen molar-refractivity contribution in [2.45, 2.75) is 17.9 Å². The number of ether oxygens (including phenoxy) is 1. The molecule has 2 aromatic heterocycles. The molecule has 0 saturated heterocycles. The summed E-state index contributed by atoms with van der Waals surface area (Å²) in [6.45, 7) is 0.498. The molecule has 0 unspecified atom stereocenters. The second kappa shape index (κ2) is 8.26. The first kappa shape index (κ1) is 19.0. The van der Waals surface area contributed by atoms with Gasteiger partial charge in [-0.2, -0.15) is 4.31 Å². The number of thiophene rings is 1. The van der Waals surface area contributed by atoms with Gasteiger partial charge in [0, 0.05) is 11.4 Å². The first-order valence-corrected chi connectivity index (χ1v) is 10.6. The van der Waals surface area contributed by atoms with E-state index in [4.69, 9.17) is 20.8 Å². The Kier molecular flexibility index (Phi) is 6.03. The van der Waals surface area contributed by atoms with Gasteiger partial charge >= 0.3 is 0 Å². The van der Waals surface area contributed by atoms with Crippen LogP contribution in [0.25, 0.3) is 0 Å². The number of rotatable bonds is 8. The highest BCUT2D eigenvalue weighted by Crippen LogP contribution is 2.29. The Bertz CT molecular complexity index is 938. The molecule has 0 atom stereocenters. The van der Waals surface area contributed by atoms with Crippen molar-refractivity contribution in [3.8, 4) is 5.75 Å². The highest BCUT2D eigenvalue weighted by Gasteiger charge is 2.26. The lowest BCUT2D eigenvalue weighted by molar-refractivity contribution is 0.366. The summed E-state index contributed by atoms with van der Waals surface area (Å²) in [6, 6.07) is 11.9. The molecule has 138 valence electrons. The lowest BCUT2D eigenvalue weighted by Crippen LogP contribution is -2.32. The van der Waals surface area contributed by atoms with E-state index in [0.29, 0.717) is 24.5 Å². The number of benzene rings is 1. The zero-order valence-corrected chi connectivity index (χ0v) is 16.5. The van der Waals surface area contributed by atoms with Crippen LogP contribution in [0.1, 0.15) is 10.6 Å². The summed E-state index contributed by atoms with van der Waals surface area (Å²) in [4.78, 5) is 1.25. The molecule has 3 aromatic rings. The molecule has 0 bridgehead atoms. The van der Waals surface area contributed by atoms with E-state index in [1.165, 1.54) is 29.8 Å². The lowest BCUT2D eigenvalue weighted by Gasteiger charge is -2.21. The fourth-order valence-corrected chi connectivity index (χ4v) is 4.96. The van der Waals surface area contributed by atoms with Crippen LogP contribution in [0.2, 0.25) is 5.02 Å². The summed E-state index contributed by atoms with van der Waals surface area (Å²) in [5.74, 6) is 1.01. The zero-order valence-electron chi connectivity index (χ0n) is 14.1. The zero-order chi connectivity index (χ0) is 18.6. The number of furan rings is 1. The van der Waals surface area contributed by atoms with Crippen LogP contribution in [-0.4, -0.2) is 26.4 Å². The number of hydrogen-bond acceptors (Lipinski definition) is 5. The second-order valence-electron chi connectivity index (χ2n) is 5.54. The van der Waals surface area contributed by atoms with Gasteiger partial charge in [0.05, 0.1) is 29.8 Å². The van der Waals surface area contributed by atoms with Crippen LogP contribution in [-0.2, 0) is 23.0 Å². The maximum Gasteiger partial charge on any atom is 0.243 e. The maximum absolute atomic E-state index is 13.2. The molecular weight excluding hydrogens is 394 g/mol.